The van der Waals surface area contributed by atoms with Crippen molar-refractivity contribution in [3.8, 4) is 0 Å². The molecule has 0 saturated carbocycles. The summed E-state index contributed by atoms with van der Waals surface area (Å²) in [6.07, 6.45) is 1.81. The first-order valence-electron chi connectivity index (χ1n) is 6.46. The Balaban J connectivity index is 1.96. The maximum atomic E-state index is 5.02. The summed E-state index contributed by atoms with van der Waals surface area (Å²) in [7, 11) is 1.71. The number of hydrogen-bond donors (Lipinski definition) is 1. The molecular weight excluding hydrogens is 416 g/mol. The van der Waals surface area contributed by atoms with Gasteiger partial charge in [-0.3, -0.25) is 0 Å². The fourth-order valence-electron chi connectivity index (χ4n) is 1.68. The average Bonchev–Trinajstić information content (AvgIpc) is 2.48. The molecule has 0 amide bonds. The molecule has 0 aliphatic heterocycles. The zero-order chi connectivity index (χ0) is 15.1. The molecule has 3 nitrogen and oxygen atoms in total. The second-order valence-corrected chi connectivity index (χ2v) is 7.20. The lowest BCUT2D eigenvalue weighted by Crippen LogP contribution is -2.18. The normalized spacial score (nSPS) is 10.8. The lowest BCUT2D eigenvalue weighted by molar-refractivity contribution is 0.199. The quantitative estimate of drug-likeness (QED) is 0.654. The van der Waals surface area contributed by atoms with Gasteiger partial charge in [-0.15, -0.1) is 0 Å². The highest BCUT2D eigenvalue weighted by molar-refractivity contribution is 9.10. The molecule has 0 atom stereocenters. The van der Waals surface area contributed by atoms with E-state index in [-0.39, 0.29) is 0 Å². The average molecular weight is 432 g/mol. The van der Waals surface area contributed by atoms with Crippen LogP contribution in [0.2, 0.25) is 0 Å². The molecule has 0 aliphatic carbocycles. The van der Waals surface area contributed by atoms with E-state index in [9.17, 15) is 0 Å². The van der Waals surface area contributed by atoms with Crippen LogP contribution >= 0.6 is 43.6 Å². The molecule has 2 aromatic rings. The number of methoxy groups -OCH3 is 1. The summed E-state index contributed by atoms with van der Waals surface area (Å²) in [5, 5.41) is 4.32. The Morgan fingerprint density at radius 1 is 1.24 bits per heavy atom. The van der Waals surface area contributed by atoms with Crippen molar-refractivity contribution in [2.45, 2.75) is 16.5 Å². The predicted molar refractivity (Wildman–Crippen MR) is 93.8 cm³/mol. The monoisotopic (exact) mass is 430 g/mol. The number of ether oxygens (including phenoxy) is 1. The molecule has 0 aliphatic rings. The number of rotatable bonds is 7. The zero-order valence-electron chi connectivity index (χ0n) is 11.6. The highest BCUT2D eigenvalue weighted by Gasteiger charge is 2.04. The van der Waals surface area contributed by atoms with E-state index in [1.54, 1.807) is 18.9 Å². The van der Waals surface area contributed by atoms with Gasteiger partial charge in [0.15, 0.2) is 0 Å². The van der Waals surface area contributed by atoms with Gasteiger partial charge >= 0.3 is 0 Å². The van der Waals surface area contributed by atoms with Crippen LogP contribution in [0.25, 0.3) is 0 Å². The number of pyridine rings is 1. The lowest BCUT2D eigenvalue weighted by Gasteiger charge is -2.08. The van der Waals surface area contributed by atoms with Crippen molar-refractivity contribution >= 4 is 43.6 Å². The first-order chi connectivity index (χ1) is 10.2. The van der Waals surface area contributed by atoms with Gasteiger partial charge in [-0.25, -0.2) is 4.98 Å². The van der Waals surface area contributed by atoms with Crippen LogP contribution in [0.15, 0.2) is 55.4 Å². The molecule has 1 N–H and O–H groups in total. The number of nitrogens with zero attached hydrogens (tertiary/aromatic N) is 1. The van der Waals surface area contributed by atoms with Crippen molar-refractivity contribution in [1.82, 2.24) is 10.3 Å². The molecule has 2 rings (SSSR count). The molecule has 0 unspecified atom stereocenters. The van der Waals surface area contributed by atoms with Crippen molar-refractivity contribution in [2.24, 2.45) is 0 Å². The van der Waals surface area contributed by atoms with Gasteiger partial charge in [0.25, 0.3) is 0 Å². The Morgan fingerprint density at radius 2 is 2.10 bits per heavy atom. The standard InChI is InChI=1S/C15H16Br2N2OS/c1-20-7-6-18-9-11-2-4-13(8-14(11)17)21-15-5-3-12(16)10-19-15/h2-5,8,10,18H,6-7,9H2,1H3. The minimum Gasteiger partial charge on any atom is -0.383 e. The highest BCUT2D eigenvalue weighted by atomic mass is 79.9. The van der Waals surface area contributed by atoms with Crippen molar-refractivity contribution in [3.05, 3.63) is 51.0 Å². The van der Waals surface area contributed by atoms with Crippen LogP contribution in [0.1, 0.15) is 5.56 Å². The summed E-state index contributed by atoms with van der Waals surface area (Å²) in [5.41, 5.74) is 1.24. The number of aromatic nitrogens is 1. The molecule has 21 heavy (non-hydrogen) atoms. The molecule has 0 radical (unpaired) electrons. The number of hydrogen-bond acceptors (Lipinski definition) is 4. The Hall–Kier alpha value is -0.400. The fourth-order valence-corrected chi connectivity index (χ4v) is 3.38. The van der Waals surface area contributed by atoms with Gasteiger partial charge in [-0.05, 0) is 45.8 Å². The van der Waals surface area contributed by atoms with Crippen molar-refractivity contribution in [3.63, 3.8) is 0 Å². The molecule has 0 bridgehead atoms. The molecule has 1 aromatic carbocycles. The zero-order valence-corrected chi connectivity index (χ0v) is 15.6. The topological polar surface area (TPSA) is 34.1 Å². The van der Waals surface area contributed by atoms with E-state index in [2.05, 4.69) is 60.4 Å². The second kappa shape index (κ2) is 8.90. The van der Waals surface area contributed by atoms with Crippen LogP contribution in [0, 0.1) is 0 Å². The van der Waals surface area contributed by atoms with Crippen molar-refractivity contribution in [2.75, 3.05) is 20.3 Å². The third kappa shape index (κ3) is 5.71. The minimum absolute atomic E-state index is 0.723. The molecule has 6 heteroatoms. The molecular formula is C15H16Br2N2OS. The van der Waals surface area contributed by atoms with Crippen LogP contribution in [0.5, 0.6) is 0 Å². The molecule has 0 fully saturated rings. The summed E-state index contributed by atoms with van der Waals surface area (Å²) in [6.45, 7) is 2.40. The Bertz CT molecular complexity index is 578. The Morgan fingerprint density at radius 3 is 2.76 bits per heavy atom. The lowest BCUT2D eigenvalue weighted by atomic mass is 10.2. The van der Waals surface area contributed by atoms with Gasteiger partial charge in [-0.1, -0.05) is 33.8 Å². The predicted octanol–water partition coefficient (Wildman–Crippen LogP) is 4.49. The van der Waals surface area contributed by atoms with Crippen molar-refractivity contribution < 1.29 is 4.74 Å². The molecule has 0 saturated heterocycles. The Labute approximate surface area is 146 Å². The van der Waals surface area contributed by atoms with E-state index < -0.39 is 0 Å². The highest BCUT2D eigenvalue weighted by Crippen LogP contribution is 2.30. The summed E-state index contributed by atoms with van der Waals surface area (Å²) >= 11 is 8.67. The molecule has 1 aromatic heterocycles. The molecule has 1 heterocycles. The van der Waals surface area contributed by atoms with E-state index in [0.29, 0.717) is 0 Å². The van der Waals surface area contributed by atoms with Gasteiger partial charge in [0, 0.05) is 40.2 Å². The SMILES string of the molecule is COCCNCc1ccc(Sc2ccc(Br)cn2)cc1Br. The summed E-state index contributed by atoms with van der Waals surface area (Å²) < 4.78 is 7.11. The van der Waals surface area contributed by atoms with E-state index >= 15 is 0 Å². The largest absolute Gasteiger partial charge is 0.383 e. The van der Waals surface area contributed by atoms with Crippen LogP contribution in [-0.2, 0) is 11.3 Å². The maximum absolute atomic E-state index is 5.02. The van der Waals surface area contributed by atoms with Crippen LogP contribution in [0.3, 0.4) is 0 Å². The van der Waals surface area contributed by atoms with Gasteiger partial charge in [0.05, 0.1) is 6.61 Å². The van der Waals surface area contributed by atoms with E-state index in [1.807, 2.05) is 18.3 Å². The van der Waals surface area contributed by atoms with Crippen LogP contribution < -0.4 is 5.32 Å². The molecule has 0 spiro atoms. The van der Waals surface area contributed by atoms with Gasteiger partial charge < -0.3 is 10.1 Å². The second-order valence-electron chi connectivity index (χ2n) is 4.34. The summed E-state index contributed by atoms with van der Waals surface area (Å²) in [6, 6.07) is 10.4. The van der Waals surface area contributed by atoms with E-state index in [0.717, 1.165) is 38.6 Å². The summed E-state index contributed by atoms with van der Waals surface area (Å²) in [4.78, 5) is 5.53. The van der Waals surface area contributed by atoms with Crippen molar-refractivity contribution in [1.29, 1.82) is 0 Å². The van der Waals surface area contributed by atoms with E-state index in [1.165, 1.54) is 5.56 Å². The molecule has 112 valence electrons. The maximum Gasteiger partial charge on any atom is 0.101 e. The number of benzene rings is 1. The third-order valence-electron chi connectivity index (χ3n) is 2.75. The van der Waals surface area contributed by atoms with Crippen LogP contribution in [-0.4, -0.2) is 25.2 Å². The number of nitrogens with one attached hydrogen (secondary N) is 1. The van der Waals surface area contributed by atoms with E-state index in [4.69, 9.17) is 4.74 Å². The van der Waals surface area contributed by atoms with Gasteiger partial charge in [-0.2, -0.15) is 0 Å². The smallest absolute Gasteiger partial charge is 0.101 e. The summed E-state index contributed by atoms with van der Waals surface area (Å²) in [5.74, 6) is 0. The minimum atomic E-state index is 0.723. The first kappa shape index (κ1) is 17.0. The Kier molecular flexibility index (Phi) is 7.19. The van der Waals surface area contributed by atoms with Gasteiger partial charge in [0.1, 0.15) is 5.03 Å². The van der Waals surface area contributed by atoms with Gasteiger partial charge in [0.2, 0.25) is 0 Å². The van der Waals surface area contributed by atoms with Crippen LogP contribution in [0.4, 0.5) is 0 Å². The first-order valence-corrected chi connectivity index (χ1v) is 8.87. The fraction of sp³-hybridized carbons (Fsp3) is 0.267. The third-order valence-corrected chi connectivity index (χ3v) is 4.89. The number of halogens is 2.